The van der Waals surface area contributed by atoms with Crippen molar-refractivity contribution >= 4 is 15.9 Å². The molecule has 1 N–H and O–H groups in total. The van der Waals surface area contributed by atoms with E-state index >= 15 is 0 Å². The third kappa shape index (κ3) is 5.79. The van der Waals surface area contributed by atoms with Crippen molar-refractivity contribution in [1.29, 1.82) is 5.26 Å². The lowest BCUT2D eigenvalue weighted by molar-refractivity contribution is -0.274. The molecule has 0 aliphatic rings. The number of rotatable bonds is 6. The summed E-state index contributed by atoms with van der Waals surface area (Å²) in [7, 11) is -4.41. The summed E-state index contributed by atoms with van der Waals surface area (Å²) < 4.78 is 67.0. The SMILES string of the molecule is CC(C)c1cc(/C=C(\C#N)S(=O)(=O)c2cccc(OC(F)(F)F)c2)cc(C(C)C)c1O. The number of phenols is 1. The lowest BCUT2D eigenvalue weighted by Gasteiger charge is -2.16. The lowest BCUT2D eigenvalue weighted by Crippen LogP contribution is -2.17. The maximum atomic E-state index is 12.9. The molecule has 31 heavy (non-hydrogen) atoms. The van der Waals surface area contributed by atoms with E-state index in [0.29, 0.717) is 22.8 Å². The van der Waals surface area contributed by atoms with E-state index in [9.17, 15) is 32.0 Å². The first-order valence-electron chi connectivity index (χ1n) is 9.35. The molecule has 0 amide bonds. The van der Waals surface area contributed by atoms with Crippen LogP contribution in [0.25, 0.3) is 6.08 Å². The second-order valence-electron chi connectivity index (χ2n) is 7.50. The van der Waals surface area contributed by atoms with Gasteiger partial charge in [0.15, 0.2) is 0 Å². The van der Waals surface area contributed by atoms with E-state index in [0.717, 1.165) is 24.3 Å². The normalized spacial score (nSPS) is 12.8. The Labute approximate surface area is 179 Å². The molecule has 0 saturated carbocycles. The number of benzene rings is 2. The number of allylic oxidation sites excluding steroid dienone is 1. The summed E-state index contributed by atoms with van der Waals surface area (Å²) in [6, 6.07) is 8.64. The van der Waals surface area contributed by atoms with Crippen molar-refractivity contribution in [3.63, 3.8) is 0 Å². The molecular weight excluding hydrogens is 431 g/mol. The van der Waals surface area contributed by atoms with Gasteiger partial charge in [-0.2, -0.15) is 5.26 Å². The quantitative estimate of drug-likeness (QED) is 0.552. The molecule has 0 aromatic heterocycles. The molecule has 0 heterocycles. The van der Waals surface area contributed by atoms with Gasteiger partial charge < -0.3 is 9.84 Å². The second-order valence-corrected chi connectivity index (χ2v) is 9.42. The van der Waals surface area contributed by atoms with Crippen molar-refractivity contribution < 1.29 is 31.4 Å². The Morgan fingerprint density at radius 3 is 2.10 bits per heavy atom. The summed E-state index contributed by atoms with van der Waals surface area (Å²) in [5.74, 6) is -0.728. The molecule has 0 atom stereocenters. The Balaban J connectivity index is 2.60. The van der Waals surface area contributed by atoms with Gasteiger partial charge in [0.2, 0.25) is 9.84 Å². The molecule has 0 saturated heterocycles. The summed E-state index contributed by atoms with van der Waals surface area (Å²) in [4.78, 5) is -1.15. The van der Waals surface area contributed by atoms with Crippen LogP contribution in [0, 0.1) is 11.3 Å². The fourth-order valence-electron chi connectivity index (χ4n) is 2.95. The van der Waals surface area contributed by atoms with E-state index in [1.54, 1.807) is 18.2 Å². The molecule has 0 aliphatic carbocycles. The minimum absolute atomic E-state index is 0.0656. The van der Waals surface area contributed by atoms with Crippen LogP contribution in [0.3, 0.4) is 0 Å². The molecule has 0 radical (unpaired) electrons. The Morgan fingerprint density at radius 1 is 1.10 bits per heavy atom. The monoisotopic (exact) mass is 453 g/mol. The largest absolute Gasteiger partial charge is 0.573 e. The predicted octanol–water partition coefficient (Wildman–Crippen LogP) is 5.88. The van der Waals surface area contributed by atoms with Crippen LogP contribution in [0.2, 0.25) is 0 Å². The molecule has 9 heteroatoms. The van der Waals surface area contributed by atoms with Crippen molar-refractivity contribution in [2.45, 2.75) is 50.8 Å². The highest BCUT2D eigenvalue weighted by Gasteiger charge is 2.32. The van der Waals surface area contributed by atoms with E-state index in [4.69, 9.17) is 0 Å². The Bertz CT molecular complexity index is 1120. The van der Waals surface area contributed by atoms with Gasteiger partial charge in [-0.05, 0) is 64.9 Å². The standard InChI is InChI=1S/C22H22F3NO4S/c1-13(2)19-9-15(10-20(14(3)4)21(19)27)8-18(12-26)31(28,29)17-7-5-6-16(11-17)30-22(23,24)25/h5-11,13-14,27H,1-4H3/b18-8+. The molecule has 166 valence electrons. The van der Waals surface area contributed by atoms with Crippen LogP contribution in [0.15, 0.2) is 46.2 Å². The average Bonchev–Trinajstić information content (AvgIpc) is 2.65. The minimum Gasteiger partial charge on any atom is -0.507 e. The fraction of sp³-hybridized carbons (Fsp3) is 0.318. The Kier molecular flexibility index (Phi) is 7.06. The van der Waals surface area contributed by atoms with Crippen LogP contribution in [0.1, 0.15) is 56.2 Å². The van der Waals surface area contributed by atoms with Crippen molar-refractivity contribution in [1.82, 2.24) is 0 Å². The first-order chi connectivity index (χ1) is 14.3. The summed E-state index contributed by atoms with van der Waals surface area (Å²) >= 11 is 0. The number of phenolic OH excluding ortho intramolecular Hbond substituents is 1. The Morgan fingerprint density at radius 2 is 1.65 bits per heavy atom. The number of aromatic hydroxyl groups is 1. The number of alkyl halides is 3. The molecule has 2 rings (SSSR count). The third-order valence-corrected chi connectivity index (χ3v) is 6.14. The number of ether oxygens (including phenoxy) is 1. The molecule has 0 aliphatic heterocycles. The number of halogens is 3. The summed E-state index contributed by atoms with van der Waals surface area (Å²) in [6.45, 7) is 7.45. The van der Waals surface area contributed by atoms with Crippen molar-refractivity contribution in [3.05, 3.63) is 58.0 Å². The van der Waals surface area contributed by atoms with Gasteiger partial charge in [0, 0.05) is 0 Å². The number of nitrogens with zero attached hydrogens (tertiary/aromatic N) is 1. The van der Waals surface area contributed by atoms with Gasteiger partial charge in [0.25, 0.3) is 0 Å². The summed E-state index contributed by atoms with van der Waals surface area (Å²) in [5.41, 5.74) is 1.56. The molecule has 0 fully saturated rings. The molecule has 0 bridgehead atoms. The molecule has 2 aromatic rings. The molecule has 0 unspecified atom stereocenters. The van der Waals surface area contributed by atoms with Gasteiger partial charge in [-0.15, -0.1) is 13.2 Å². The van der Waals surface area contributed by atoms with Crippen LogP contribution in [-0.2, 0) is 9.84 Å². The smallest absolute Gasteiger partial charge is 0.507 e. The van der Waals surface area contributed by atoms with Gasteiger partial charge in [-0.25, -0.2) is 8.42 Å². The van der Waals surface area contributed by atoms with E-state index in [2.05, 4.69) is 4.74 Å². The van der Waals surface area contributed by atoms with Crippen LogP contribution >= 0.6 is 0 Å². The number of nitriles is 1. The predicted molar refractivity (Wildman–Crippen MR) is 110 cm³/mol. The molecule has 0 spiro atoms. The maximum Gasteiger partial charge on any atom is 0.573 e. The molecule has 5 nitrogen and oxygen atoms in total. The maximum absolute atomic E-state index is 12.9. The molecular formula is C22H22F3NO4S. The van der Waals surface area contributed by atoms with E-state index < -0.39 is 31.7 Å². The first kappa shape index (κ1) is 24.3. The number of sulfone groups is 1. The minimum atomic E-state index is -4.98. The lowest BCUT2D eigenvalue weighted by atomic mass is 9.91. The van der Waals surface area contributed by atoms with Crippen LogP contribution < -0.4 is 4.74 Å². The van der Waals surface area contributed by atoms with Crippen LogP contribution in [0.5, 0.6) is 11.5 Å². The average molecular weight is 453 g/mol. The number of hydrogen-bond donors (Lipinski definition) is 1. The highest BCUT2D eigenvalue weighted by atomic mass is 32.2. The van der Waals surface area contributed by atoms with Crippen LogP contribution in [0.4, 0.5) is 13.2 Å². The van der Waals surface area contributed by atoms with Gasteiger partial charge in [0.05, 0.1) is 4.90 Å². The van der Waals surface area contributed by atoms with Gasteiger partial charge >= 0.3 is 6.36 Å². The van der Waals surface area contributed by atoms with Crippen LogP contribution in [-0.4, -0.2) is 19.9 Å². The van der Waals surface area contributed by atoms with Crippen molar-refractivity contribution in [3.8, 4) is 17.6 Å². The zero-order chi connectivity index (χ0) is 23.6. The highest BCUT2D eigenvalue weighted by Crippen LogP contribution is 2.36. The topological polar surface area (TPSA) is 87.4 Å². The Hall–Kier alpha value is -2.99. The van der Waals surface area contributed by atoms with Gasteiger partial charge in [-0.1, -0.05) is 33.8 Å². The van der Waals surface area contributed by atoms with Crippen molar-refractivity contribution in [2.24, 2.45) is 0 Å². The van der Waals surface area contributed by atoms with E-state index in [-0.39, 0.29) is 17.6 Å². The second kappa shape index (κ2) is 9.02. The number of hydrogen-bond acceptors (Lipinski definition) is 5. The first-order valence-corrected chi connectivity index (χ1v) is 10.8. The van der Waals surface area contributed by atoms with E-state index in [1.807, 2.05) is 27.7 Å². The molecule has 2 aromatic carbocycles. The highest BCUT2D eigenvalue weighted by molar-refractivity contribution is 7.95. The zero-order valence-corrected chi connectivity index (χ0v) is 18.2. The summed E-state index contributed by atoms with van der Waals surface area (Å²) in [5, 5.41) is 20.0. The fourth-order valence-corrected chi connectivity index (χ4v) is 4.15. The third-order valence-electron chi connectivity index (χ3n) is 4.48. The van der Waals surface area contributed by atoms with Crippen molar-refractivity contribution in [2.75, 3.05) is 0 Å². The zero-order valence-electron chi connectivity index (χ0n) is 17.4. The van der Waals surface area contributed by atoms with E-state index in [1.165, 1.54) is 0 Å². The van der Waals surface area contributed by atoms with Gasteiger partial charge in [-0.3, -0.25) is 0 Å². The van der Waals surface area contributed by atoms with Gasteiger partial charge in [0.1, 0.15) is 22.5 Å². The summed E-state index contributed by atoms with van der Waals surface area (Å²) in [6.07, 6.45) is -3.84.